The van der Waals surface area contributed by atoms with Crippen molar-refractivity contribution in [3.05, 3.63) is 17.0 Å². The second-order valence-electron chi connectivity index (χ2n) is 4.10. The van der Waals surface area contributed by atoms with Gasteiger partial charge in [0.2, 0.25) is 10.0 Å². The van der Waals surface area contributed by atoms with Gasteiger partial charge in [0.25, 0.3) is 0 Å². The first-order chi connectivity index (χ1) is 8.01. The van der Waals surface area contributed by atoms with Gasteiger partial charge in [-0.15, -0.1) is 11.3 Å². The lowest BCUT2D eigenvalue weighted by Gasteiger charge is -2.11. The normalized spacial score (nSPS) is 21.5. The zero-order chi connectivity index (χ0) is 12.5. The van der Waals surface area contributed by atoms with E-state index in [1.165, 1.54) is 12.1 Å². The molecule has 1 atom stereocenters. The maximum Gasteiger partial charge on any atom is 0.250 e. The molecule has 7 heteroatoms. The van der Waals surface area contributed by atoms with Gasteiger partial charge < -0.3 is 4.90 Å². The van der Waals surface area contributed by atoms with Crippen molar-refractivity contribution in [2.24, 2.45) is 0 Å². The highest BCUT2D eigenvalue weighted by Crippen LogP contribution is 2.21. The van der Waals surface area contributed by atoms with Crippen LogP contribution in [-0.2, 0) is 10.0 Å². The molecule has 1 fully saturated rings. The molecule has 1 aliphatic heterocycles. The van der Waals surface area contributed by atoms with Gasteiger partial charge in [0.15, 0.2) is 0 Å². The van der Waals surface area contributed by atoms with Gasteiger partial charge in [-0.3, -0.25) is 0 Å². The number of rotatable bonds is 3. The SMILES string of the molecule is CN1CCC(NS(=O)(=O)c2ccc(C#N)s2)C1. The average molecular weight is 271 g/mol. The molecule has 0 bridgehead atoms. The van der Waals surface area contributed by atoms with Crippen LogP contribution in [0, 0.1) is 11.3 Å². The van der Waals surface area contributed by atoms with Gasteiger partial charge in [-0.2, -0.15) is 5.26 Å². The molecule has 0 amide bonds. The van der Waals surface area contributed by atoms with Crippen LogP contribution in [0.5, 0.6) is 0 Å². The summed E-state index contributed by atoms with van der Waals surface area (Å²) in [5.41, 5.74) is 0. The third kappa shape index (κ3) is 2.84. The van der Waals surface area contributed by atoms with Gasteiger partial charge in [0.05, 0.1) is 0 Å². The zero-order valence-corrected chi connectivity index (χ0v) is 11.0. The molecular weight excluding hydrogens is 258 g/mol. The first-order valence-electron chi connectivity index (χ1n) is 5.22. The highest BCUT2D eigenvalue weighted by molar-refractivity contribution is 7.91. The van der Waals surface area contributed by atoms with Crippen LogP contribution in [0.15, 0.2) is 16.3 Å². The number of thiophene rings is 1. The number of hydrogen-bond acceptors (Lipinski definition) is 5. The van der Waals surface area contributed by atoms with E-state index in [0.29, 0.717) is 4.88 Å². The molecule has 0 radical (unpaired) electrons. The molecule has 0 spiro atoms. The predicted molar refractivity (Wildman–Crippen MR) is 65.3 cm³/mol. The van der Waals surface area contributed by atoms with Crippen LogP contribution in [-0.4, -0.2) is 39.5 Å². The van der Waals surface area contributed by atoms with E-state index in [1.807, 2.05) is 13.1 Å². The molecule has 1 aromatic heterocycles. The van der Waals surface area contributed by atoms with Gasteiger partial charge in [-0.05, 0) is 32.1 Å². The van der Waals surface area contributed by atoms with Gasteiger partial charge in [-0.25, -0.2) is 13.1 Å². The topological polar surface area (TPSA) is 73.2 Å². The van der Waals surface area contributed by atoms with Crippen LogP contribution in [0.3, 0.4) is 0 Å². The van der Waals surface area contributed by atoms with E-state index in [1.54, 1.807) is 0 Å². The van der Waals surface area contributed by atoms with E-state index in [-0.39, 0.29) is 10.3 Å². The monoisotopic (exact) mass is 271 g/mol. The van der Waals surface area contributed by atoms with Crippen molar-refractivity contribution in [3.8, 4) is 6.07 Å². The number of likely N-dealkylation sites (tertiary alicyclic amines) is 1. The number of hydrogen-bond donors (Lipinski definition) is 1. The van der Waals surface area contributed by atoms with Gasteiger partial charge in [-0.1, -0.05) is 0 Å². The predicted octanol–water partition coefficient (Wildman–Crippen LogP) is 0.602. The van der Waals surface area contributed by atoms with Crippen molar-refractivity contribution in [1.82, 2.24) is 9.62 Å². The van der Waals surface area contributed by atoms with E-state index >= 15 is 0 Å². The van der Waals surface area contributed by atoms with Crippen molar-refractivity contribution in [2.75, 3.05) is 20.1 Å². The van der Waals surface area contributed by atoms with Crippen LogP contribution in [0.1, 0.15) is 11.3 Å². The third-order valence-corrected chi connectivity index (χ3v) is 5.67. The fourth-order valence-electron chi connectivity index (χ4n) is 1.83. The van der Waals surface area contributed by atoms with E-state index < -0.39 is 10.0 Å². The Hall–Kier alpha value is -0.940. The van der Waals surface area contributed by atoms with Crippen molar-refractivity contribution in [3.63, 3.8) is 0 Å². The molecule has 1 aliphatic rings. The van der Waals surface area contributed by atoms with Crippen LogP contribution in [0.4, 0.5) is 0 Å². The summed E-state index contributed by atoms with van der Waals surface area (Å²) in [7, 11) is -1.50. The van der Waals surface area contributed by atoms with Gasteiger partial charge in [0, 0.05) is 12.6 Å². The molecule has 5 nitrogen and oxygen atoms in total. The molecular formula is C10H13N3O2S2. The van der Waals surface area contributed by atoms with Gasteiger partial charge in [0.1, 0.15) is 15.2 Å². The summed E-state index contributed by atoms with van der Waals surface area (Å²) in [5.74, 6) is 0. The summed E-state index contributed by atoms with van der Waals surface area (Å²) >= 11 is 0.999. The number of nitriles is 1. The van der Waals surface area contributed by atoms with E-state index in [2.05, 4.69) is 9.62 Å². The van der Waals surface area contributed by atoms with Crippen LogP contribution >= 0.6 is 11.3 Å². The summed E-state index contributed by atoms with van der Waals surface area (Å²) in [5, 5.41) is 8.67. The van der Waals surface area contributed by atoms with Crippen molar-refractivity contribution in [1.29, 1.82) is 5.26 Å². The van der Waals surface area contributed by atoms with Crippen LogP contribution in [0.2, 0.25) is 0 Å². The molecule has 2 heterocycles. The average Bonchev–Trinajstić information content (AvgIpc) is 2.86. The van der Waals surface area contributed by atoms with Crippen LogP contribution < -0.4 is 4.72 Å². The van der Waals surface area contributed by atoms with E-state index in [0.717, 1.165) is 30.8 Å². The smallest absolute Gasteiger partial charge is 0.250 e. The lowest BCUT2D eigenvalue weighted by Crippen LogP contribution is -2.36. The summed E-state index contributed by atoms with van der Waals surface area (Å²) in [4.78, 5) is 2.50. The maximum atomic E-state index is 12.0. The Morgan fingerprint density at radius 3 is 2.88 bits per heavy atom. The minimum atomic E-state index is -3.47. The lowest BCUT2D eigenvalue weighted by atomic mass is 10.3. The summed E-state index contributed by atoms with van der Waals surface area (Å²) < 4.78 is 26.9. The Kier molecular flexibility index (Phi) is 3.49. The first-order valence-corrected chi connectivity index (χ1v) is 7.52. The number of nitrogens with zero attached hydrogens (tertiary/aromatic N) is 2. The lowest BCUT2D eigenvalue weighted by molar-refractivity contribution is 0.407. The first kappa shape index (κ1) is 12.5. The molecule has 92 valence electrons. The highest BCUT2D eigenvalue weighted by atomic mass is 32.2. The number of likely N-dealkylation sites (N-methyl/N-ethyl adjacent to an activating group) is 1. The Balaban J connectivity index is 2.11. The fourth-order valence-corrected chi connectivity index (χ4v) is 4.21. The molecule has 17 heavy (non-hydrogen) atoms. The van der Waals surface area contributed by atoms with E-state index in [4.69, 9.17) is 5.26 Å². The molecule has 0 saturated carbocycles. The molecule has 1 N–H and O–H groups in total. The molecule has 1 unspecified atom stereocenters. The quantitative estimate of drug-likeness (QED) is 0.874. The number of sulfonamides is 1. The van der Waals surface area contributed by atoms with Gasteiger partial charge >= 0.3 is 0 Å². The molecule has 0 aromatic carbocycles. The Morgan fingerprint density at radius 1 is 1.59 bits per heavy atom. The standard InChI is InChI=1S/C10H13N3O2S2/c1-13-5-4-8(7-13)12-17(14,15)10-3-2-9(6-11)16-10/h2-3,8,12H,4-5,7H2,1H3. The van der Waals surface area contributed by atoms with E-state index in [9.17, 15) is 8.42 Å². The summed E-state index contributed by atoms with van der Waals surface area (Å²) in [6, 6.07) is 4.91. The largest absolute Gasteiger partial charge is 0.305 e. The molecule has 1 saturated heterocycles. The van der Waals surface area contributed by atoms with Crippen LogP contribution in [0.25, 0.3) is 0 Å². The summed E-state index contributed by atoms with van der Waals surface area (Å²) in [6.07, 6.45) is 0.826. The molecule has 1 aromatic rings. The third-order valence-electron chi connectivity index (χ3n) is 2.67. The maximum absolute atomic E-state index is 12.0. The molecule has 2 rings (SSSR count). The van der Waals surface area contributed by atoms with Crippen molar-refractivity contribution in [2.45, 2.75) is 16.7 Å². The second kappa shape index (κ2) is 4.74. The van der Waals surface area contributed by atoms with Crippen molar-refractivity contribution < 1.29 is 8.42 Å². The Bertz CT molecular complexity index is 544. The Labute approximate surface area is 105 Å². The minimum absolute atomic E-state index is 0.0300. The fraction of sp³-hybridized carbons (Fsp3) is 0.500. The minimum Gasteiger partial charge on any atom is -0.305 e. The highest BCUT2D eigenvalue weighted by Gasteiger charge is 2.26. The Morgan fingerprint density at radius 2 is 2.35 bits per heavy atom. The number of nitrogens with one attached hydrogen (secondary N) is 1. The van der Waals surface area contributed by atoms with Crippen molar-refractivity contribution >= 4 is 21.4 Å². The zero-order valence-electron chi connectivity index (χ0n) is 9.38. The second-order valence-corrected chi connectivity index (χ2v) is 7.12. The summed E-state index contributed by atoms with van der Waals surface area (Å²) in [6.45, 7) is 1.64. The molecule has 0 aliphatic carbocycles.